The van der Waals surface area contributed by atoms with Gasteiger partial charge in [0.25, 0.3) is 0 Å². The van der Waals surface area contributed by atoms with Crippen LogP contribution in [0.3, 0.4) is 0 Å². The fourth-order valence-corrected chi connectivity index (χ4v) is 3.86. The van der Waals surface area contributed by atoms with Gasteiger partial charge in [-0.1, -0.05) is 17.7 Å². The molecule has 0 fully saturated rings. The normalized spacial score (nSPS) is 11.3. The minimum absolute atomic E-state index is 0. The van der Waals surface area contributed by atoms with E-state index >= 15 is 0 Å². The van der Waals surface area contributed by atoms with E-state index in [1.807, 2.05) is 42.5 Å². The molecule has 2 aromatic carbocycles. The average molecular weight is 479 g/mol. The van der Waals surface area contributed by atoms with Gasteiger partial charge in [0, 0.05) is 30.6 Å². The minimum atomic E-state index is -3.31. The maximum atomic E-state index is 11.6. The molecule has 0 unspecified atom stereocenters. The molecule has 0 saturated heterocycles. The van der Waals surface area contributed by atoms with Crippen LogP contribution >= 0.6 is 11.6 Å². The van der Waals surface area contributed by atoms with Gasteiger partial charge in [0.1, 0.15) is 5.69 Å². The van der Waals surface area contributed by atoms with Crippen LogP contribution < -0.4 is 21.9 Å². The number of likely N-dealkylation sites (N-methyl/N-ethyl adjacent to an activating group) is 1. The summed E-state index contributed by atoms with van der Waals surface area (Å²) in [6, 6.07) is 18.3. The molecule has 0 amide bonds. The second kappa shape index (κ2) is 11.2. The predicted molar refractivity (Wildman–Crippen MR) is 120 cm³/mol. The quantitative estimate of drug-likeness (QED) is 0.367. The Bertz CT molecular complexity index is 1120. The second-order valence-corrected chi connectivity index (χ2v) is 9.22. The van der Waals surface area contributed by atoms with Crippen molar-refractivity contribution in [2.24, 2.45) is 10.2 Å². The molecule has 31 heavy (non-hydrogen) atoms. The first-order chi connectivity index (χ1) is 14.4. The Morgan fingerprint density at radius 3 is 2.26 bits per heavy atom. The number of rotatable bonds is 8. The van der Waals surface area contributed by atoms with Gasteiger partial charge in [-0.2, -0.15) is 5.11 Å². The monoisotopic (exact) mass is 478 g/mol. The lowest BCUT2D eigenvalue weighted by molar-refractivity contribution is -0.694. The molecule has 1 heterocycles. The van der Waals surface area contributed by atoms with Crippen molar-refractivity contribution in [3.8, 4) is 0 Å². The van der Waals surface area contributed by atoms with Gasteiger partial charge in [0.15, 0.2) is 28.8 Å². The molecule has 0 radical (unpaired) electrons. The fourth-order valence-electron chi connectivity index (χ4n) is 2.93. The van der Waals surface area contributed by atoms with Gasteiger partial charge >= 0.3 is 0 Å². The first-order valence-electron chi connectivity index (χ1n) is 9.57. The van der Waals surface area contributed by atoms with Crippen LogP contribution in [-0.2, 0) is 16.4 Å². The van der Waals surface area contributed by atoms with Crippen LogP contribution in [0, 0.1) is 0 Å². The molecule has 3 rings (SSSR count). The minimum Gasteiger partial charge on any atom is -1.00 e. The van der Waals surface area contributed by atoms with Crippen LogP contribution in [-0.4, -0.2) is 27.8 Å². The summed E-state index contributed by atoms with van der Waals surface area (Å²) in [5.74, 6) is 0. The van der Waals surface area contributed by atoms with Gasteiger partial charge in [-0.05, 0) is 49.4 Å². The Kier molecular flexibility index (Phi) is 8.98. The Hall–Kier alpha value is -2.48. The van der Waals surface area contributed by atoms with Crippen molar-refractivity contribution >= 4 is 38.5 Å². The molecule has 3 aromatic rings. The number of anilines is 1. The van der Waals surface area contributed by atoms with Crippen LogP contribution in [0.25, 0.3) is 0 Å². The van der Waals surface area contributed by atoms with Gasteiger partial charge in [-0.15, -0.1) is 5.11 Å². The SMILES string of the molecule is CCN(CC[n+]1ccccc1)c1ccc(N=Nc2ccc(S(C)(=O)=O)cc2Cl)cc1.[Cl-]. The van der Waals surface area contributed by atoms with E-state index in [0.717, 1.165) is 31.6 Å². The number of halogens is 2. The van der Waals surface area contributed by atoms with Crippen LogP contribution in [0.5, 0.6) is 0 Å². The van der Waals surface area contributed by atoms with Crippen molar-refractivity contribution in [3.63, 3.8) is 0 Å². The van der Waals surface area contributed by atoms with Gasteiger partial charge in [0.05, 0.1) is 22.2 Å². The van der Waals surface area contributed by atoms with Crippen molar-refractivity contribution < 1.29 is 25.4 Å². The number of sulfone groups is 1. The largest absolute Gasteiger partial charge is 1.00 e. The summed E-state index contributed by atoms with van der Waals surface area (Å²) < 4.78 is 25.3. The summed E-state index contributed by atoms with van der Waals surface area (Å²) in [5, 5.41) is 8.61. The Balaban J connectivity index is 0.00000341. The number of pyridine rings is 1. The van der Waals surface area contributed by atoms with Gasteiger partial charge in [-0.3, -0.25) is 0 Å². The highest BCUT2D eigenvalue weighted by atomic mass is 35.5. The molecule has 0 N–H and O–H groups in total. The summed E-state index contributed by atoms with van der Waals surface area (Å²) in [6.45, 7) is 4.83. The van der Waals surface area contributed by atoms with E-state index in [0.29, 0.717) is 11.4 Å². The van der Waals surface area contributed by atoms with E-state index in [4.69, 9.17) is 11.6 Å². The number of hydrogen-bond donors (Lipinski definition) is 0. The fraction of sp³-hybridized carbons (Fsp3) is 0.227. The highest BCUT2D eigenvalue weighted by molar-refractivity contribution is 7.90. The van der Waals surface area contributed by atoms with Gasteiger partial charge in [0.2, 0.25) is 0 Å². The first kappa shape index (κ1) is 24.8. The molecular weight excluding hydrogens is 455 g/mol. The number of benzene rings is 2. The molecule has 0 bridgehead atoms. The summed E-state index contributed by atoms with van der Waals surface area (Å²) in [4.78, 5) is 2.45. The number of aromatic nitrogens is 1. The smallest absolute Gasteiger partial charge is 0.175 e. The molecule has 1 aromatic heterocycles. The average Bonchev–Trinajstić information content (AvgIpc) is 2.74. The Morgan fingerprint density at radius 1 is 1.00 bits per heavy atom. The van der Waals surface area contributed by atoms with Crippen LogP contribution in [0.15, 0.2) is 88.2 Å². The lowest BCUT2D eigenvalue weighted by Gasteiger charge is -2.21. The van der Waals surface area contributed by atoms with E-state index in [2.05, 4.69) is 39.0 Å². The van der Waals surface area contributed by atoms with Crippen LogP contribution in [0.4, 0.5) is 17.1 Å². The molecule has 6 nitrogen and oxygen atoms in total. The number of nitrogens with zero attached hydrogens (tertiary/aromatic N) is 4. The van der Waals surface area contributed by atoms with E-state index in [1.54, 1.807) is 6.07 Å². The topological polar surface area (TPSA) is 66.0 Å². The Labute approximate surface area is 194 Å². The van der Waals surface area contributed by atoms with Crippen molar-refractivity contribution in [1.82, 2.24) is 0 Å². The summed E-state index contributed by atoms with van der Waals surface area (Å²) in [5.41, 5.74) is 2.22. The molecule has 0 saturated carbocycles. The molecule has 164 valence electrons. The Morgan fingerprint density at radius 2 is 1.68 bits per heavy atom. The zero-order valence-electron chi connectivity index (χ0n) is 17.3. The van der Waals surface area contributed by atoms with E-state index in [1.165, 1.54) is 12.1 Å². The first-order valence-corrected chi connectivity index (χ1v) is 11.8. The molecule has 0 atom stereocenters. The summed E-state index contributed by atoms with van der Waals surface area (Å²) in [6.07, 6.45) is 5.26. The lowest BCUT2D eigenvalue weighted by Crippen LogP contribution is -3.00. The third-order valence-corrected chi connectivity index (χ3v) is 6.04. The lowest BCUT2D eigenvalue weighted by atomic mass is 10.2. The van der Waals surface area contributed by atoms with Gasteiger partial charge in [-0.25, -0.2) is 13.0 Å². The number of azo groups is 1. The molecule has 0 aliphatic carbocycles. The highest BCUT2D eigenvalue weighted by Crippen LogP contribution is 2.29. The van der Waals surface area contributed by atoms with Crippen molar-refractivity contribution in [3.05, 3.63) is 78.1 Å². The predicted octanol–water partition coefficient (Wildman–Crippen LogP) is 1.98. The maximum absolute atomic E-state index is 11.6. The zero-order chi connectivity index (χ0) is 21.6. The molecule has 0 spiro atoms. The summed E-state index contributed by atoms with van der Waals surface area (Å²) in [7, 11) is -3.31. The van der Waals surface area contributed by atoms with Gasteiger partial charge < -0.3 is 17.3 Å². The molecule has 0 aliphatic heterocycles. The standard InChI is InChI=1S/C22H24ClN4O2S.ClH/c1-3-27(16-15-26-13-5-4-6-14-26)19-9-7-18(8-10-19)24-25-22-12-11-20(17-21(22)23)30(2,28)29;/h4-14,17H,3,15-16H2,1-2H3;1H/q+1;/p-1. The van der Waals surface area contributed by atoms with Crippen LogP contribution in [0.1, 0.15) is 6.92 Å². The number of hydrogen-bond acceptors (Lipinski definition) is 5. The zero-order valence-corrected chi connectivity index (χ0v) is 19.6. The van der Waals surface area contributed by atoms with E-state index < -0.39 is 9.84 Å². The molecule has 9 heteroatoms. The second-order valence-electron chi connectivity index (χ2n) is 6.79. The third-order valence-electron chi connectivity index (χ3n) is 4.62. The van der Waals surface area contributed by atoms with Crippen molar-refractivity contribution in [2.45, 2.75) is 18.4 Å². The molecule has 0 aliphatic rings. The summed E-state index contributed by atoms with van der Waals surface area (Å²) >= 11 is 6.15. The third kappa shape index (κ3) is 7.02. The van der Waals surface area contributed by atoms with Crippen LogP contribution in [0.2, 0.25) is 5.02 Å². The maximum Gasteiger partial charge on any atom is 0.175 e. The van der Waals surface area contributed by atoms with Crippen molar-refractivity contribution in [1.29, 1.82) is 0 Å². The highest BCUT2D eigenvalue weighted by Gasteiger charge is 2.10. The molecular formula is C22H24Cl2N4O2S. The van der Waals surface area contributed by atoms with E-state index in [9.17, 15) is 8.42 Å². The van der Waals surface area contributed by atoms with Crippen molar-refractivity contribution in [2.75, 3.05) is 24.2 Å². The van der Waals surface area contributed by atoms with E-state index in [-0.39, 0.29) is 22.3 Å².